The molecule has 0 aromatic heterocycles. The van der Waals surface area contributed by atoms with Crippen molar-refractivity contribution in [2.45, 2.75) is 51.8 Å². The van der Waals surface area contributed by atoms with Gasteiger partial charge in [-0.25, -0.2) is 4.79 Å². The van der Waals surface area contributed by atoms with Crippen molar-refractivity contribution in [1.82, 2.24) is 5.32 Å². The Morgan fingerprint density at radius 1 is 1.24 bits per heavy atom. The summed E-state index contributed by atoms with van der Waals surface area (Å²) in [5.74, 6) is -1.81. The third-order valence-corrected chi connectivity index (χ3v) is 6.49. The predicted molar refractivity (Wildman–Crippen MR) is 124 cm³/mol. The molecule has 0 unspecified atom stereocenters. The van der Waals surface area contributed by atoms with Gasteiger partial charge in [0, 0.05) is 23.0 Å². The van der Waals surface area contributed by atoms with Crippen molar-refractivity contribution in [3.8, 4) is 0 Å². The number of nitrogens with one attached hydrogen (secondary N) is 3. The van der Waals surface area contributed by atoms with E-state index in [1.807, 2.05) is 26.0 Å². The molecule has 8 nitrogen and oxygen atoms in total. The fourth-order valence-corrected chi connectivity index (χ4v) is 4.91. The van der Waals surface area contributed by atoms with Gasteiger partial charge >= 0.3 is 5.97 Å². The van der Waals surface area contributed by atoms with E-state index in [9.17, 15) is 19.5 Å². The Balaban J connectivity index is 1.67. The van der Waals surface area contributed by atoms with Crippen LogP contribution in [0.25, 0.3) is 0 Å². The first kappa shape index (κ1) is 22.9. The summed E-state index contributed by atoms with van der Waals surface area (Å²) < 4.78 is 4.99. The van der Waals surface area contributed by atoms with E-state index in [-0.39, 0.29) is 18.4 Å². The maximum atomic E-state index is 13.5. The first-order valence-electron chi connectivity index (χ1n) is 11.1. The summed E-state index contributed by atoms with van der Waals surface area (Å²) in [6.45, 7) is 7.53. The third kappa shape index (κ3) is 3.89. The number of aryl methyl sites for hydroxylation is 2. The maximum Gasteiger partial charge on any atom is 0.338 e. The number of anilines is 2. The molecule has 2 aromatic carbocycles. The second-order valence-corrected chi connectivity index (χ2v) is 8.83. The molecular formula is C25H29N3O5. The summed E-state index contributed by atoms with van der Waals surface area (Å²) in [5.41, 5.74) is 2.96. The van der Waals surface area contributed by atoms with Crippen LogP contribution in [0.15, 0.2) is 36.4 Å². The van der Waals surface area contributed by atoms with E-state index in [1.165, 1.54) is 0 Å². The quantitative estimate of drug-likeness (QED) is 0.520. The van der Waals surface area contributed by atoms with E-state index >= 15 is 0 Å². The summed E-state index contributed by atoms with van der Waals surface area (Å²) in [6, 6.07) is 9.90. The number of benzene rings is 2. The van der Waals surface area contributed by atoms with Gasteiger partial charge in [-0.05, 0) is 63.9 Å². The van der Waals surface area contributed by atoms with Crippen molar-refractivity contribution in [2.24, 2.45) is 5.92 Å². The highest BCUT2D eigenvalue weighted by Crippen LogP contribution is 2.49. The van der Waals surface area contributed by atoms with Gasteiger partial charge in [0.15, 0.2) is 0 Å². The van der Waals surface area contributed by atoms with Crippen LogP contribution in [-0.4, -0.2) is 41.6 Å². The van der Waals surface area contributed by atoms with Gasteiger partial charge in [0.2, 0.25) is 11.8 Å². The van der Waals surface area contributed by atoms with Crippen molar-refractivity contribution in [3.63, 3.8) is 0 Å². The van der Waals surface area contributed by atoms with Crippen LogP contribution in [0.4, 0.5) is 11.4 Å². The van der Waals surface area contributed by atoms with Crippen LogP contribution in [0, 0.1) is 19.8 Å². The zero-order chi connectivity index (χ0) is 23.9. The molecule has 1 saturated heterocycles. The van der Waals surface area contributed by atoms with Crippen molar-refractivity contribution in [1.29, 1.82) is 0 Å². The molecule has 2 aliphatic heterocycles. The van der Waals surface area contributed by atoms with E-state index in [2.05, 4.69) is 16.0 Å². The molecule has 4 N–H and O–H groups in total. The van der Waals surface area contributed by atoms with Gasteiger partial charge in [0.1, 0.15) is 5.54 Å². The van der Waals surface area contributed by atoms with E-state index in [0.29, 0.717) is 23.4 Å². The summed E-state index contributed by atoms with van der Waals surface area (Å²) in [4.78, 5) is 38.7. The van der Waals surface area contributed by atoms with Gasteiger partial charge in [-0.1, -0.05) is 17.7 Å². The van der Waals surface area contributed by atoms with Crippen molar-refractivity contribution in [3.05, 3.63) is 58.7 Å². The highest BCUT2D eigenvalue weighted by molar-refractivity contribution is 6.11. The monoisotopic (exact) mass is 451 g/mol. The highest BCUT2D eigenvalue weighted by atomic mass is 16.5. The van der Waals surface area contributed by atoms with Crippen molar-refractivity contribution >= 4 is 29.2 Å². The summed E-state index contributed by atoms with van der Waals surface area (Å²) in [6.07, 6.45) is -0.448. The van der Waals surface area contributed by atoms with E-state index in [1.54, 1.807) is 38.1 Å². The number of fused-ring (bicyclic) bond motifs is 2. The largest absolute Gasteiger partial charge is 0.462 e. The Morgan fingerprint density at radius 2 is 1.94 bits per heavy atom. The zero-order valence-electron chi connectivity index (χ0n) is 19.2. The molecule has 0 aliphatic carbocycles. The predicted octanol–water partition coefficient (Wildman–Crippen LogP) is 2.63. The van der Waals surface area contributed by atoms with Crippen LogP contribution in [0.1, 0.15) is 47.3 Å². The number of aliphatic hydroxyl groups excluding tert-OH is 1. The molecular weight excluding hydrogens is 422 g/mol. The molecule has 0 radical (unpaired) electrons. The van der Waals surface area contributed by atoms with Gasteiger partial charge in [0.25, 0.3) is 0 Å². The number of hydrogen-bond donors (Lipinski definition) is 4. The average Bonchev–Trinajstić information content (AvgIpc) is 3.30. The molecule has 2 amide bonds. The number of carbonyl (C=O) groups is 3. The Hall–Kier alpha value is -3.23. The number of esters is 1. The molecule has 2 heterocycles. The van der Waals surface area contributed by atoms with E-state index in [0.717, 1.165) is 16.7 Å². The van der Waals surface area contributed by atoms with Crippen LogP contribution in [0.3, 0.4) is 0 Å². The molecule has 1 spiro atoms. The summed E-state index contributed by atoms with van der Waals surface area (Å²) in [7, 11) is 0. The number of amides is 2. The number of hydrogen-bond acceptors (Lipinski definition) is 6. The number of carbonyl (C=O) groups excluding carboxylic acids is 3. The highest BCUT2D eigenvalue weighted by Gasteiger charge is 2.61. The van der Waals surface area contributed by atoms with Crippen LogP contribution in [-0.2, 0) is 19.9 Å². The molecule has 0 saturated carbocycles. The Bertz CT molecular complexity index is 1110. The fourth-order valence-electron chi connectivity index (χ4n) is 4.91. The summed E-state index contributed by atoms with van der Waals surface area (Å²) in [5, 5.41) is 19.4. The normalized spacial score (nSPS) is 24.3. The molecule has 4 rings (SSSR count). The first-order chi connectivity index (χ1) is 15.7. The van der Waals surface area contributed by atoms with Gasteiger partial charge in [-0.15, -0.1) is 0 Å². The zero-order valence-corrected chi connectivity index (χ0v) is 19.2. The lowest BCUT2D eigenvalue weighted by atomic mass is 9.78. The van der Waals surface area contributed by atoms with E-state index in [4.69, 9.17) is 4.74 Å². The second-order valence-electron chi connectivity index (χ2n) is 8.83. The first-order valence-corrected chi connectivity index (χ1v) is 11.1. The number of ether oxygens (including phenoxy) is 1. The summed E-state index contributed by atoms with van der Waals surface area (Å²) >= 11 is 0. The smallest absolute Gasteiger partial charge is 0.338 e. The molecule has 174 valence electrons. The standard InChI is InChI=1S/C25H29N3O5/c1-5-33-23(31)16-6-8-17(9-7-16)26-22(30)19-12-20(15(4)29)28-25(19)18-11-13(2)10-14(3)21(18)27-24(25)32/h6-11,15,19-20,28-29H,5,12H2,1-4H3,(H,26,30)(H,27,32)/t15-,19+,20+,25-/m0/s1. The minimum Gasteiger partial charge on any atom is -0.462 e. The SMILES string of the molecule is CCOC(=O)c1ccc(NC(=O)[C@H]2C[C@H]([C@H](C)O)N[C@]23C(=O)Nc2c(C)cc(C)cc23)cc1. The van der Waals surface area contributed by atoms with Gasteiger partial charge in [-0.2, -0.15) is 0 Å². The van der Waals surface area contributed by atoms with Crippen molar-refractivity contribution < 1.29 is 24.2 Å². The minimum absolute atomic E-state index is 0.279. The lowest BCUT2D eigenvalue weighted by Gasteiger charge is -2.30. The molecule has 0 bridgehead atoms. The average molecular weight is 452 g/mol. The minimum atomic E-state index is -1.28. The van der Waals surface area contributed by atoms with Gasteiger partial charge in [-0.3, -0.25) is 14.9 Å². The molecule has 1 fully saturated rings. The van der Waals surface area contributed by atoms with Gasteiger partial charge in [0.05, 0.1) is 24.2 Å². The molecule has 4 atom stereocenters. The number of rotatable bonds is 5. The topological polar surface area (TPSA) is 117 Å². The van der Waals surface area contributed by atoms with Crippen LogP contribution < -0.4 is 16.0 Å². The van der Waals surface area contributed by atoms with Crippen molar-refractivity contribution in [2.75, 3.05) is 17.2 Å². The Kier molecular flexibility index (Phi) is 5.99. The third-order valence-electron chi connectivity index (χ3n) is 6.49. The molecule has 33 heavy (non-hydrogen) atoms. The van der Waals surface area contributed by atoms with Crippen LogP contribution in [0.5, 0.6) is 0 Å². The Morgan fingerprint density at radius 3 is 2.58 bits per heavy atom. The lowest BCUT2D eigenvalue weighted by Crippen LogP contribution is -2.53. The van der Waals surface area contributed by atoms with Gasteiger partial charge < -0.3 is 20.5 Å². The molecule has 8 heteroatoms. The molecule has 2 aromatic rings. The maximum absolute atomic E-state index is 13.5. The van der Waals surface area contributed by atoms with Crippen LogP contribution >= 0.6 is 0 Å². The lowest BCUT2D eigenvalue weighted by molar-refractivity contribution is -0.130. The van der Waals surface area contributed by atoms with E-state index < -0.39 is 29.6 Å². The fraction of sp³-hybridized carbons (Fsp3) is 0.400. The second kappa shape index (κ2) is 8.61. The van der Waals surface area contributed by atoms with Crippen LogP contribution in [0.2, 0.25) is 0 Å². The Labute approximate surface area is 192 Å². The number of aliphatic hydroxyl groups is 1. The molecule has 2 aliphatic rings.